The molecule has 0 saturated heterocycles. The minimum atomic E-state index is 1.06. The SMILES string of the molecule is Cc1ccc(-c2cc3c(s2)-c2cc4c(cc2C3)-c2sc(-c3ccc(C)cc3)cc2C4)cc1. The molecule has 2 heteroatoms. The van der Waals surface area contributed by atoms with Gasteiger partial charge in [0.2, 0.25) is 0 Å². The van der Waals surface area contributed by atoms with Gasteiger partial charge in [0, 0.05) is 19.5 Å². The topological polar surface area (TPSA) is 0 Å². The van der Waals surface area contributed by atoms with Gasteiger partial charge in [0.25, 0.3) is 0 Å². The second-order valence-electron chi connectivity index (χ2n) is 9.18. The number of hydrogen-bond acceptors (Lipinski definition) is 2. The fourth-order valence-electron chi connectivity index (χ4n) is 5.11. The summed E-state index contributed by atoms with van der Waals surface area (Å²) in [6.07, 6.45) is 2.12. The summed E-state index contributed by atoms with van der Waals surface area (Å²) >= 11 is 3.92. The lowest BCUT2D eigenvalue weighted by Crippen LogP contribution is -1.86. The first-order valence-corrected chi connectivity index (χ1v) is 12.8. The molecule has 154 valence electrons. The number of hydrogen-bond donors (Lipinski definition) is 0. The van der Waals surface area contributed by atoms with E-state index in [0.717, 1.165) is 12.8 Å². The Balaban J connectivity index is 1.26. The molecule has 0 atom stereocenters. The molecule has 0 unspecified atom stereocenters. The molecular formula is C30H22S2. The standard InChI is InChI=1S/C30H22S2/c1-17-3-7-19(8-4-17)27-15-23-11-21-14-26-22(13-25(21)29(23)31-27)12-24-16-28(32-30(24)26)20-9-5-18(2)6-10-20/h3-10,13-16H,11-12H2,1-2H3. The average molecular weight is 447 g/mol. The molecule has 0 N–H and O–H groups in total. The van der Waals surface area contributed by atoms with Crippen molar-refractivity contribution in [2.24, 2.45) is 0 Å². The monoisotopic (exact) mass is 446 g/mol. The van der Waals surface area contributed by atoms with Gasteiger partial charge in [-0.15, -0.1) is 22.7 Å². The Morgan fingerprint density at radius 2 is 0.906 bits per heavy atom. The molecule has 0 fully saturated rings. The van der Waals surface area contributed by atoms with Gasteiger partial charge >= 0.3 is 0 Å². The summed E-state index contributed by atoms with van der Waals surface area (Å²) < 4.78 is 0. The third-order valence-electron chi connectivity index (χ3n) is 6.87. The quantitative estimate of drug-likeness (QED) is 0.249. The van der Waals surface area contributed by atoms with Crippen molar-refractivity contribution in [2.45, 2.75) is 26.7 Å². The first-order chi connectivity index (χ1) is 15.6. The lowest BCUT2D eigenvalue weighted by atomic mass is 10.0. The van der Waals surface area contributed by atoms with Crippen LogP contribution in [0.25, 0.3) is 41.8 Å². The Bertz CT molecular complexity index is 1390. The number of benzene rings is 3. The van der Waals surface area contributed by atoms with Crippen molar-refractivity contribution in [2.75, 3.05) is 0 Å². The third kappa shape index (κ3) is 2.80. The van der Waals surface area contributed by atoms with Crippen LogP contribution in [0.1, 0.15) is 33.4 Å². The Kier molecular flexibility index (Phi) is 3.94. The molecule has 0 radical (unpaired) electrons. The van der Waals surface area contributed by atoms with E-state index in [4.69, 9.17) is 0 Å². The van der Waals surface area contributed by atoms with Crippen LogP contribution in [-0.4, -0.2) is 0 Å². The number of thiophene rings is 2. The van der Waals surface area contributed by atoms with Crippen LogP contribution >= 0.6 is 22.7 Å². The summed E-state index contributed by atoms with van der Waals surface area (Å²) in [4.78, 5) is 5.74. The second-order valence-corrected chi connectivity index (χ2v) is 11.3. The highest BCUT2D eigenvalue weighted by Gasteiger charge is 2.28. The number of rotatable bonds is 2. The molecule has 0 bridgehead atoms. The van der Waals surface area contributed by atoms with E-state index in [1.54, 1.807) is 0 Å². The molecular weight excluding hydrogens is 424 g/mol. The van der Waals surface area contributed by atoms with E-state index in [2.05, 4.69) is 86.6 Å². The summed E-state index contributed by atoms with van der Waals surface area (Å²) in [6, 6.07) is 27.7. The predicted molar refractivity (Wildman–Crippen MR) is 139 cm³/mol. The van der Waals surface area contributed by atoms with Crippen LogP contribution in [0.3, 0.4) is 0 Å². The lowest BCUT2D eigenvalue weighted by Gasteiger charge is -2.07. The van der Waals surface area contributed by atoms with Crippen molar-refractivity contribution >= 4 is 22.7 Å². The summed E-state index contributed by atoms with van der Waals surface area (Å²) in [5.41, 5.74) is 14.2. The molecule has 2 heterocycles. The zero-order chi connectivity index (χ0) is 21.4. The van der Waals surface area contributed by atoms with E-state index < -0.39 is 0 Å². The van der Waals surface area contributed by atoms with E-state index in [9.17, 15) is 0 Å². The summed E-state index contributed by atoms with van der Waals surface area (Å²) in [6.45, 7) is 4.30. The largest absolute Gasteiger partial charge is 0.135 e. The first kappa shape index (κ1) is 18.6. The maximum Gasteiger partial charge on any atom is 0.0387 e. The van der Waals surface area contributed by atoms with Gasteiger partial charge in [0.15, 0.2) is 0 Å². The number of fused-ring (bicyclic) bond motifs is 6. The molecule has 0 saturated carbocycles. The third-order valence-corrected chi connectivity index (χ3v) is 9.39. The lowest BCUT2D eigenvalue weighted by molar-refractivity contribution is 1.24. The zero-order valence-electron chi connectivity index (χ0n) is 18.2. The summed E-state index contributed by atoms with van der Waals surface area (Å²) in [5, 5.41) is 0. The van der Waals surface area contributed by atoms with Crippen molar-refractivity contribution in [1.82, 2.24) is 0 Å². The van der Waals surface area contributed by atoms with Crippen LogP contribution in [0, 0.1) is 13.8 Å². The van der Waals surface area contributed by atoms with E-state index >= 15 is 0 Å². The van der Waals surface area contributed by atoms with E-state index in [-0.39, 0.29) is 0 Å². The molecule has 2 aliphatic rings. The zero-order valence-corrected chi connectivity index (χ0v) is 19.8. The van der Waals surface area contributed by atoms with Crippen molar-refractivity contribution in [1.29, 1.82) is 0 Å². The Labute approximate surface area is 196 Å². The van der Waals surface area contributed by atoms with Gasteiger partial charge in [0.05, 0.1) is 0 Å². The maximum absolute atomic E-state index is 2.49. The molecule has 3 aromatic carbocycles. The van der Waals surface area contributed by atoms with Crippen molar-refractivity contribution in [3.63, 3.8) is 0 Å². The predicted octanol–water partition coefficient (Wildman–Crippen LogP) is 8.90. The minimum Gasteiger partial charge on any atom is -0.135 e. The fraction of sp³-hybridized carbons (Fsp3) is 0.133. The van der Waals surface area contributed by atoms with E-state index in [0.29, 0.717) is 0 Å². The van der Waals surface area contributed by atoms with Gasteiger partial charge in [-0.05, 0) is 95.5 Å². The van der Waals surface area contributed by atoms with Crippen LogP contribution in [0.5, 0.6) is 0 Å². The van der Waals surface area contributed by atoms with Gasteiger partial charge in [-0.1, -0.05) is 59.7 Å². The van der Waals surface area contributed by atoms with E-state index in [1.165, 1.54) is 75.1 Å². The smallest absolute Gasteiger partial charge is 0.0387 e. The van der Waals surface area contributed by atoms with Gasteiger partial charge in [0.1, 0.15) is 0 Å². The molecule has 0 amide bonds. The molecule has 32 heavy (non-hydrogen) atoms. The second kappa shape index (κ2) is 6.78. The number of aryl methyl sites for hydroxylation is 2. The molecule has 0 nitrogen and oxygen atoms in total. The minimum absolute atomic E-state index is 1.06. The Morgan fingerprint density at radius 3 is 1.31 bits per heavy atom. The molecule has 0 spiro atoms. The van der Waals surface area contributed by atoms with Crippen LogP contribution < -0.4 is 0 Å². The van der Waals surface area contributed by atoms with Gasteiger partial charge in [-0.25, -0.2) is 0 Å². The van der Waals surface area contributed by atoms with Crippen LogP contribution in [0.2, 0.25) is 0 Å². The molecule has 2 aliphatic carbocycles. The normalized spacial score (nSPS) is 13.1. The van der Waals surface area contributed by atoms with Gasteiger partial charge < -0.3 is 0 Å². The average Bonchev–Trinajstić information content (AvgIpc) is 3.52. The van der Waals surface area contributed by atoms with Gasteiger partial charge in [-0.3, -0.25) is 0 Å². The van der Waals surface area contributed by atoms with Crippen molar-refractivity contribution in [3.05, 3.63) is 106 Å². The van der Waals surface area contributed by atoms with E-state index in [1.807, 2.05) is 22.7 Å². The molecule has 0 aliphatic heterocycles. The van der Waals surface area contributed by atoms with Crippen molar-refractivity contribution < 1.29 is 0 Å². The Morgan fingerprint density at radius 1 is 0.500 bits per heavy atom. The molecule has 5 aromatic rings. The van der Waals surface area contributed by atoms with Crippen LogP contribution in [0.15, 0.2) is 72.8 Å². The summed E-state index contributed by atoms with van der Waals surface area (Å²) in [7, 11) is 0. The highest BCUT2D eigenvalue weighted by molar-refractivity contribution is 7.19. The fourth-order valence-corrected chi connectivity index (χ4v) is 7.59. The molecule has 7 rings (SSSR count). The Hall–Kier alpha value is -2.94. The summed E-state index contributed by atoms with van der Waals surface area (Å²) in [5.74, 6) is 0. The highest BCUT2D eigenvalue weighted by Crippen LogP contribution is 2.51. The van der Waals surface area contributed by atoms with Gasteiger partial charge in [-0.2, -0.15) is 0 Å². The molecule has 2 aromatic heterocycles. The van der Waals surface area contributed by atoms with Crippen LogP contribution in [-0.2, 0) is 12.8 Å². The first-order valence-electron chi connectivity index (χ1n) is 11.2. The van der Waals surface area contributed by atoms with Crippen molar-refractivity contribution in [3.8, 4) is 41.8 Å². The maximum atomic E-state index is 2.49. The highest BCUT2D eigenvalue weighted by atomic mass is 32.1. The van der Waals surface area contributed by atoms with Crippen LogP contribution in [0.4, 0.5) is 0 Å².